The van der Waals surface area contributed by atoms with Gasteiger partial charge in [-0.05, 0) is 113 Å². The first-order valence-corrected chi connectivity index (χ1v) is 24.0. The summed E-state index contributed by atoms with van der Waals surface area (Å²) in [5.74, 6) is 0.403. The highest BCUT2D eigenvalue weighted by molar-refractivity contribution is 7.86. The van der Waals surface area contributed by atoms with E-state index in [4.69, 9.17) is 15.0 Å². The molecule has 0 fully saturated rings. The third-order valence-electron chi connectivity index (χ3n) is 10.2. The first-order chi connectivity index (χ1) is 31.3. The average molecular weight is 939 g/mol. The molecule has 0 saturated carbocycles. The maximum absolute atomic E-state index is 12.2. The molecule has 0 aliphatic heterocycles. The fraction of sp³-hybridized carbons (Fsp3) is 0.326. The van der Waals surface area contributed by atoms with E-state index in [0.717, 1.165) is 64.7 Å². The molecule has 22 heteroatoms. The third-order valence-corrected chi connectivity index (χ3v) is 12.9. The van der Waals surface area contributed by atoms with Gasteiger partial charge >= 0.3 is 0 Å². The van der Waals surface area contributed by atoms with Gasteiger partial charge in [0.05, 0.1) is 39.5 Å². The fourth-order valence-electron chi connectivity index (χ4n) is 7.02. The van der Waals surface area contributed by atoms with Gasteiger partial charge in [0.1, 0.15) is 21.8 Å². The van der Waals surface area contributed by atoms with Crippen LogP contribution in [0.5, 0.6) is 0 Å². The zero-order chi connectivity index (χ0) is 46.3. The van der Waals surface area contributed by atoms with Crippen molar-refractivity contribution in [1.82, 2.24) is 24.9 Å². The van der Waals surface area contributed by atoms with Gasteiger partial charge < -0.3 is 35.5 Å². The average Bonchev–Trinajstić information content (AvgIpc) is 3.89. The van der Waals surface area contributed by atoms with Crippen LogP contribution in [0.4, 0.5) is 62.2 Å². The largest absolute Gasteiger partial charge is 0.395 e. The van der Waals surface area contributed by atoms with Gasteiger partial charge in [-0.2, -0.15) is 23.4 Å². The van der Waals surface area contributed by atoms with Crippen LogP contribution in [0.2, 0.25) is 0 Å². The lowest BCUT2D eigenvalue weighted by molar-refractivity contribution is 0.280. The SMILES string of the molecule is CCN(CC)c1ccc(N=Nc2nc3ccc(C)cc3s2)c(Nc2nc(Nc3cc(N(CC)CC)ccc3N=Nc3nc4c(S(=O)(=O)O)cc(C)cc4s3)nc(N(CCO)CCO)n2)c1. The maximum atomic E-state index is 12.2. The maximum Gasteiger partial charge on any atom is 0.296 e. The molecule has 0 atom stereocenters. The second kappa shape index (κ2) is 20.7. The van der Waals surface area contributed by atoms with Gasteiger partial charge in [-0.15, -0.1) is 20.5 Å². The minimum atomic E-state index is -4.55. The Morgan fingerprint density at radius 1 is 0.600 bits per heavy atom. The number of aromatic nitrogens is 5. The summed E-state index contributed by atoms with van der Waals surface area (Å²) < 4.78 is 35.8. The number of fused-ring (bicyclic) bond motifs is 2. The summed E-state index contributed by atoms with van der Waals surface area (Å²) in [4.78, 5) is 29.1. The van der Waals surface area contributed by atoms with E-state index in [9.17, 15) is 23.2 Å². The van der Waals surface area contributed by atoms with Gasteiger partial charge in [-0.1, -0.05) is 28.7 Å². The van der Waals surface area contributed by atoms with Crippen molar-refractivity contribution in [2.24, 2.45) is 20.5 Å². The Kier molecular flexibility index (Phi) is 14.9. The molecular weight excluding hydrogens is 889 g/mol. The van der Waals surface area contributed by atoms with E-state index >= 15 is 0 Å². The Bertz CT molecular complexity index is 2960. The van der Waals surface area contributed by atoms with E-state index in [1.165, 1.54) is 17.4 Å². The Morgan fingerprint density at radius 3 is 1.65 bits per heavy atom. The Balaban J connectivity index is 1.31. The molecule has 19 nitrogen and oxygen atoms in total. The summed E-state index contributed by atoms with van der Waals surface area (Å²) in [5, 5.41) is 45.5. The number of benzene rings is 4. The van der Waals surface area contributed by atoms with Crippen molar-refractivity contribution in [3.8, 4) is 0 Å². The molecule has 3 heterocycles. The standard InChI is InChI=1S/C43H50N14O5S3/c1-7-55(8-2)28-12-15-30(51-53-42-46-32-14-11-26(5)21-35(32)63-42)33(24-28)44-39-48-40(50-41(49-39)57(17-19-58)18-20-59)45-34-25-29(56(9-3)10-4)13-16-31(34)52-54-43-47-38-36(64-43)22-27(6)23-37(38)65(60,61)62/h11-16,21-25,58-59H,7-10,17-20H2,1-6H3,(H,60,61,62)(H2,44,45,48,49,50). The molecule has 0 aliphatic carbocycles. The van der Waals surface area contributed by atoms with Crippen molar-refractivity contribution in [2.75, 3.05) is 77.8 Å². The van der Waals surface area contributed by atoms with Crippen LogP contribution in [0.15, 0.2) is 92.1 Å². The lowest BCUT2D eigenvalue weighted by Gasteiger charge is -2.24. The molecule has 0 spiro atoms. The minimum Gasteiger partial charge on any atom is -0.395 e. The number of aryl methyl sites for hydroxylation is 2. The van der Waals surface area contributed by atoms with Crippen LogP contribution in [0.25, 0.3) is 20.4 Å². The summed E-state index contributed by atoms with van der Waals surface area (Å²) in [7, 11) is -4.55. The number of nitrogens with one attached hydrogen (secondary N) is 2. The predicted octanol–water partition coefficient (Wildman–Crippen LogP) is 9.76. The number of hydrogen-bond donors (Lipinski definition) is 5. The van der Waals surface area contributed by atoms with E-state index in [2.05, 4.69) is 84.6 Å². The van der Waals surface area contributed by atoms with Crippen LogP contribution in [-0.4, -0.2) is 101 Å². The first kappa shape index (κ1) is 46.7. The second-order valence-electron chi connectivity index (χ2n) is 14.7. The number of aliphatic hydroxyl groups excluding tert-OH is 2. The molecule has 3 aromatic heterocycles. The van der Waals surface area contributed by atoms with Crippen molar-refractivity contribution >= 4 is 115 Å². The first-order valence-electron chi connectivity index (χ1n) is 21.0. The molecule has 0 amide bonds. The smallest absolute Gasteiger partial charge is 0.296 e. The molecule has 7 rings (SSSR count). The molecule has 0 aliphatic rings. The second-order valence-corrected chi connectivity index (χ2v) is 18.1. The van der Waals surface area contributed by atoms with Crippen LogP contribution in [-0.2, 0) is 10.1 Å². The number of hydrogen-bond acceptors (Lipinski definition) is 20. The zero-order valence-electron chi connectivity index (χ0n) is 36.8. The van der Waals surface area contributed by atoms with Crippen molar-refractivity contribution in [3.05, 3.63) is 77.9 Å². The van der Waals surface area contributed by atoms with Gasteiger partial charge in [0.15, 0.2) is 0 Å². The molecule has 0 saturated heterocycles. The summed E-state index contributed by atoms with van der Waals surface area (Å²) in [6.45, 7) is 14.8. The molecule has 0 bridgehead atoms. The van der Waals surface area contributed by atoms with E-state index < -0.39 is 10.1 Å². The van der Waals surface area contributed by atoms with Gasteiger partial charge in [0.2, 0.25) is 28.1 Å². The molecular formula is C43H50N14O5S3. The number of rotatable bonds is 20. The predicted molar refractivity (Wildman–Crippen MR) is 260 cm³/mol. The van der Waals surface area contributed by atoms with Gasteiger partial charge in [0, 0.05) is 50.6 Å². The van der Waals surface area contributed by atoms with Crippen molar-refractivity contribution in [1.29, 1.82) is 0 Å². The van der Waals surface area contributed by atoms with Crippen molar-refractivity contribution in [2.45, 2.75) is 46.4 Å². The van der Waals surface area contributed by atoms with Crippen molar-refractivity contribution < 1.29 is 23.2 Å². The fourth-order valence-corrected chi connectivity index (χ4v) is 9.62. The molecule has 65 heavy (non-hydrogen) atoms. The zero-order valence-corrected chi connectivity index (χ0v) is 39.2. The highest BCUT2D eigenvalue weighted by Crippen LogP contribution is 2.39. The summed E-state index contributed by atoms with van der Waals surface area (Å²) in [5.41, 5.74) is 6.41. The van der Waals surface area contributed by atoms with E-state index in [-0.39, 0.29) is 59.7 Å². The third kappa shape index (κ3) is 11.2. The molecule has 5 N–H and O–H groups in total. The summed E-state index contributed by atoms with van der Waals surface area (Å²) in [6, 6.07) is 20.6. The lowest BCUT2D eigenvalue weighted by Crippen LogP contribution is -2.31. The topological polar surface area (TPSA) is 242 Å². The van der Waals surface area contributed by atoms with Gasteiger partial charge in [-0.3, -0.25) is 4.55 Å². The Hall–Kier alpha value is -6.30. The van der Waals surface area contributed by atoms with Gasteiger partial charge in [0.25, 0.3) is 10.1 Å². The highest BCUT2D eigenvalue weighted by Gasteiger charge is 2.20. The minimum absolute atomic E-state index is 0.0967. The molecule has 0 unspecified atom stereocenters. The molecule has 340 valence electrons. The number of nitrogens with zero attached hydrogens (tertiary/aromatic N) is 12. The number of azo groups is 2. The quantitative estimate of drug-likeness (QED) is 0.0353. The number of anilines is 7. The normalized spacial score (nSPS) is 12.0. The molecule has 7 aromatic rings. The van der Waals surface area contributed by atoms with Crippen molar-refractivity contribution in [3.63, 3.8) is 0 Å². The molecule has 4 aromatic carbocycles. The number of thiazole rings is 2. The lowest BCUT2D eigenvalue weighted by atomic mass is 10.2. The monoisotopic (exact) mass is 938 g/mol. The van der Waals surface area contributed by atoms with Crippen LogP contribution in [0.3, 0.4) is 0 Å². The van der Waals surface area contributed by atoms with Crippen LogP contribution < -0.4 is 25.3 Å². The Labute approximate surface area is 384 Å². The van der Waals surface area contributed by atoms with E-state index in [0.29, 0.717) is 38.1 Å². The van der Waals surface area contributed by atoms with E-state index in [1.54, 1.807) is 24.0 Å². The highest BCUT2D eigenvalue weighted by atomic mass is 32.2. The van der Waals surface area contributed by atoms with Gasteiger partial charge in [-0.25, -0.2) is 9.97 Å². The molecule has 0 radical (unpaired) electrons. The summed E-state index contributed by atoms with van der Waals surface area (Å²) in [6.07, 6.45) is 0. The van der Waals surface area contributed by atoms with E-state index in [1.807, 2.05) is 49.4 Å². The number of aliphatic hydroxyl groups is 2. The Morgan fingerprint density at radius 2 is 1.12 bits per heavy atom. The van der Waals surface area contributed by atoms with Crippen LogP contribution in [0.1, 0.15) is 38.8 Å². The van der Waals surface area contributed by atoms with Crippen LogP contribution >= 0.6 is 22.7 Å². The van der Waals surface area contributed by atoms with Crippen LogP contribution in [0, 0.1) is 13.8 Å². The summed E-state index contributed by atoms with van der Waals surface area (Å²) >= 11 is 2.57.